The zero-order chi connectivity index (χ0) is 26.0. The Morgan fingerprint density at radius 2 is 0.821 bits per heavy atom. The minimum atomic E-state index is 1.13. The number of para-hydroxylation sites is 1. The van der Waals surface area contributed by atoms with Crippen LogP contribution in [0.5, 0.6) is 0 Å². The quantitative estimate of drug-likeness (QED) is 0.214. The third-order valence-electron chi connectivity index (χ3n) is 7.43. The molecule has 7 rings (SSSR count). The van der Waals surface area contributed by atoms with Gasteiger partial charge in [0, 0.05) is 16.8 Å². The minimum Gasteiger partial charge on any atom is -0.310 e. The molecule has 184 valence electrons. The lowest BCUT2D eigenvalue weighted by molar-refractivity contribution is 1.30. The Kier molecular flexibility index (Phi) is 5.88. The molecule has 0 radical (unpaired) electrons. The second-order valence-electron chi connectivity index (χ2n) is 9.83. The molecule has 0 N–H and O–H groups in total. The van der Waals surface area contributed by atoms with E-state index in [9.17, 15) is 0 Å². The van der Waals surface area contributed by atoms with Crippen LogP contribution in [0.15, 0.2) is 164 Å². The Hall–Kier alpha value is -5.14. The van der Waals surface area contributed by atoms with Crippen molar-refractivity contribution < 1.29 is 0 Å². The summed E-state index contributed by atoms with van der Waals surface area (Å²) in [5, 5.41) is 5.01. The lowest BCUT2D eigenvalue weighted by Crippen LogP contribution is -2.10. The summed E-state index contributed by atoms with van der Waals surface area (Å²) in [6.07, 6.45) is 0. The van der Waals surface area contributed by atoms with Crippen LogP contribution in [0.4, 0.5) is 17.1 Å². The zero-order valence-corrected chi connectivity index (χ0v) is 21.5. The first-order valence-electron chi connectivity index (χ1n) is 13.4. The Balaban J connectivity index is 1.38. The van der Waals surface area contributed by atoms with E-state index < -0.39 is 0 Å². The molecule has 0 aromatic heterocycles. The molecule has 0 aliphatic heterocycles. The molecule has 0 aliphatic carbocycles. The Bertz CT molecular complexity index is 1890. The molecule has 0 saturated heterocycles. The molecular weight excluding hydrogens is 470 g/mol. The summed E-state index contributed by atoms with van der Waals surface area (Å²) in [5.74, 6) is 0. The second kappa shape index (κ2) is 9.96. The van der Waals surface area contributed by atoms with Crippen molar-refractivity contribution in [3.05, 3.63) is 164 Å². The van der Waals surface area contributed by atoms with Gasteiger partial charge in [-0.05, 0) is 68.7 Å². The Morgan fingerprint density at radius 1 is 0.308 bits per heavy atom. The van der Waals surface area contributed by atoms with Crippen molar-refractivity contribution in [1.82, 2.24) is 0 Å². The van der Waals surface area contributed by atoms with Gasteiger partial charge in [-0.2, -0.15) is 0 Å². The van der Waals surface area contributed by atoms with Crippen molar-refractivity contribution in [1.29, 1.82) is 0 Å². The number of hydrogen-bond acceptors (Lipinski definition) is 1. The summed E-state index contributed by atoms with van der Waals surface area (Å²) in [5.41, 5.74) is 8.29. The lowest BCUT2D eigenvalue weighted by Gasteiger charge is -2.28. The van der Waals surface area contributed by atoms with Gasteiger partial charge < -0.3 is 4.90 Å². The van der Waals surface area contributed by atoms with Crippen LogP contribution in [0.3, 0.4) is 0 Å². The highest BCUT2D eigenvalue weighted by molar-refractivity contribution is 6.14. The standard InChI is InChI=1S/C38H27N/c1-3-12-28(13-4-1)29-22-24-30(25-23-29)31-15-11-18-34(26-31)39(33-16-5-2-6-17-33)38-27-32-14-7-8-19-35(32)36-20-9-10-21-37(36)38/h1-27H. The Labute approximate surface area is 229 Å². The van der Waals surface area contributed by atoms with Gasteiger partial charge >= 0.3 is 0 Å². The van der Waals surface area contributed by atoms with Gasteiger partial charge in [0.05, 0.1) is 5.69 Å². The first kappa shape index (κ1) is 23.0. The average Bonchev–Trinajstić information content (AvgIpc) is 3.02. The van der Waals surface area contributed by atoms with Crippen LogP contribution in [0, 0.1) is 0 Å². The molecule has 7 aromatic rings. The normalized spacial score (nSPS) is 11.1. The third kappa shape index (κ3) is 4.35. The van der Waals surface area contributed by atoms with Crippen LogP contribution in [-0.2, 0) is 0 Å². The lowest BCUT2D eigenvalue weighted by atomic mass is 9.98. The summed E-state index contributed by atoms with van der Waals surface area (Å²) in [7, 11) is 0. The first-order valence-corrected chi connectivity index (χ1v) is 13.4. The van der Waals surface area contributed by atoms with Gasteiger partial charge in [0.1, 0.15) is 0 Å². The van der Waals surface area contributed by atoms with Crippen LogP contribution in [-0.4, -0.2) is 0 Å². The maximum atomic E-state index is 2.39. The average molecular weight is 498 g/mol. The van der Waals surface area contributed by atoms with Crippen LogP contribution in [0.2, 0.25) is 0 Å². The van der Waals surface area contributed by atoms with Crippen molar-refractivity contribution >= 4 is 38.6 Å². The second-order valence-corrected chi connectivity index (χ2v) is 9.83. The topological polar surface area (TPSA) is 3.24 Å². The minimum absolute atomic E-state index is 1.13. The molecule has 0 atom stereocenters. The fraction of sp³-hybridized carbons (Fsp3) is 0. The van der Waals surface area contributed by atoms with E-state index in [0.29, 0.717) is 0 Å². The predicted octanol–water partition coefficient (Wildman–Crippen LogP) is 10.8. The molecule has 1 heteroatoms. The van der Waals surface area contributed by atoms with Gasteiger partial charge in [-0.15, -0.1) is 0 Å². The van der Waals surface area contributed by atoms with Gasteiger partial charge in [-0.1, -0.05) is 133 Å². The molecule has 0 fully saturated rings. The van der Waals surface area contributed by atoms with Crippen LogP contribution in [0.1, 0.15) is 0 Å². The van der Waals surface area contributed by atoms with E-state index in [4.69, 9.17) is 0 Å². The number of nitrogens with zero attached hydrogens (tertiary/aromatic N) is 1. The predicted molar refractivity (Wildman–Crippen MR) is 167 cm³/mol. The van der Waals surface area contributed by atoms with Crippen molar-refractivity contribution in [3.8, 4) is 22.3 Å². The first-order chi connectivity index (χ1) is 19.3. The summed E-state index contributed by atoms with van der Waals surface area (Å²) in [6.45, 7) is 0. The summed E-state index contributed by atoms with van der Waals surface area (Å²) in [6, 6.07) is 58.6. The molecular formula is C38H27N. The van der Waals surface area contributed by atoms with E-state index in [0.717, 1.165) is 11.4 Å². The fourth-order valence-corrected chi connectivity index (χ4v) is 5.53. The maximum absolute atomic E-state index is 2.39. The van der Waals surface area contributed by atoms with Crippen LogP contribution in [0.25, 0.3) is 43.8 Å². The van der Waals surface area contributed by atoms with Gasteiger partial charge in [0.25, 0.3) is 0 Å². The molecule has 0 saturated carbocycles. The molecule has 0 heterocycles. The van der Waals surface area contributed by atoms with Crippen LogP contribution >= 0.6 is 0 Å². The van der Waals surface area contributed by atoms with E-state index in [1.807, 2.05) is 0 Å². The third-order valence-corrected chi connectivity index (χ3v) is 7.43. The fourth-order valence-electron chi connectivity index (χ4n) is 5.53. The molecule has 0 bridgehead atoms. The molecule has 7 aromatic carbocycles. The highest BCUT2D eigenvalue weighted by Crippen LogP contribution is 2.42. The van der Waals surface area contributed by atoms with Crippen LogP contribution < -0.4 is 4.90 Å². The summed E-state index contributed by atoms with van der Waals surface area (Å²) >= 11 is 0. The molecule has 0 unspecified atom stereocenters. The number of benzene rings is 7. The summed E-state index contributed by atoms with van der Waals surface area (Å²) in [4.78, 5) is 2.39. The number of fused-ring (bicyclic) bond motifs is 3. The molecule has 1 nitrogen and oxygen atoms in total. The molecule has 0 amide bonds. The SMILES string of the molecule is c1ccc(-c2ccc(-c3cccc(N(c4ccccc4)c4cc5ccccc5c5ccccc45)c3)cc2)cc1. The van der Waals surface area contributed by atoms with Crippen molar-refractivity contribution in [2.24, 2.45) is 0 Å². The highest BCUT2D eigenvalue weighted by atomic mass is 15.1. The monoisotopic (exact) mass is 497 g/mol. The highest BCUT2D eigenvalue weighted by Gasteiger charge is 2.17. The van der Waals surface area contributed by atoms with E-state index in [1.54, 1.807) is 0 Å². The van der Waals surface area contributed by atoms with E-state index in [2.05, 4.69) is 169 Å². The zero-order valence-electron chi connectivity index (χ0n) is 21.5. The number of rotatable bonds is 5. The van der Waals surface area contributed by atoms with Gasteiger partial charge in [0.15, 0.2) is 0 Å². The number of anilines is 3. The maximum Gasteiger partial charge on any atom is 0.0546 e. The number of hydrogen-bond donors (Lipinski definition) is 0. The molecule has 0 aliphatic rings. The van der Waals surface area contributed by atoms with Crippen molar-refractivity contribution in [2.75, 3.05) is 4.90 Å². The van der Waals surface area contributed by atoms with Gasteiger partial charge in [-0.25, -0.2) is 0 Å². The molecule has 0 spiro atoms. The van der Waals surface area contributed by atoms with E-state index >= 15 is 0 Å². The van der Waals surface area contributed by atoms with Crippen molar-refractivity contribution in [3.63, 3.8) is 0 Å². The largest absolute Gasteiger partial charge is 0.310 e. The van der Waals surface area contributed by atoms with Gasteiger partial charge in [-0.3, -0.25) is 0 Å². The molecule has 39 heavy (non-hydrogen) atoms. The smallest absolute Gasteiger partial charge is 0.0546 e. The van der Waals surface area contributed by atoms with Gasteiger partial charge in [0.2, 0.25) is 0 Å². The van der Waals surface area contributed by atoms with Crippen molar-refractivity contribution in [2.45, 2.75) is 0 Å². The summed E-state index contributed by atoms with van der Waals surface area (Å²) < 4.78 is 0. The van der Waals surface area contributed by atoms with E-state index in [1.165, 1.54) is 49.5 Å². The van der Waals surface area contributed by atoms with E-state index in [-0.39, 0.29) is 0 Å². The Morgan fingerprint density at radius 3 is 1.56 bits per heavy atom.